The molecule has 0 saturated heterocycles. The summed E-state index contributed by atoms with van der Waals surface area (Å²) in [7, 11) is -0.717. The highest BCUT2D eigenvalue weighted by Crippen LogP contribution is 2.08. The molecule has 1 unspecified atom stereocenters. The van der Waals surface area contributed by atoms with Crippen molar-refractivity contribution >= 4 is 22.4 Å². The molecular formula is C12H21N3OS. The summed E-state index contributed by atoms with van der Waals surface area (Å²) < 4.78 is 11.2. The van der Waals surface area contributed by atoms with Crippen molar-refractivity contribution in [3.8, 4) is 0 Å². The van der Waals surface area contributed by atoms with Crippen molar-refractivity contribution in [1.29, 1.82) is 0 Å². The minimum absolute atomic E-state index is 0.671. The molecule has 1 atom stereocenters. The van der Waals surface area contributed by atoms with Gasteiger partial charge in [0, 0.05) is 35.4 Å². The first-order chi connectivity index (χ1) is 8.26. The van der Waals surface area contributed by atoms with Crippen LogP contribution in [0.5, 0.6) is 0 Å². The minimum atomic E-state index is -0.717. The Bertz CT molecular complexity index is 357. The first-order valence-corrected chi connectivity index (χ1v) is 7.54. The van der Waals surface area contributed by atoms with Gasteiger partial charge < -0.3 is 10.6 Å². The summed E-state index contributed by atoms with van der Waals surface area (Å²) in [5, 5.41) is 6.42. The molecule has 17 heavy (non-hydrogen) atoms. The van der Waals surface area contributed by atoms with Crippen LogP contribution < -0.4 is 10.6 Å². The van der Waals surface area contributed by atoms with Gasteiger partial charge in [0.25, 0.3) is 0 Å². The molecule has 96 valence electrons. The van der Waals surface area contributed by atoms with E-state index in [-0.39, 0.29) is 0 Å². The van der Waals surface area contributed by atoms with Gasteiger partial charge in [-0.25, -0.2) is 4.98 Å². The van der Waals surface area contributed by atoms with Crippen LogP contribution in [-0.4, -0.2) is 33.8 Å². The predicted octanol–water partition coefficient (Wildman–Crippen LogP) is 2.08. The van der Waals surface area contributed by atoms with Gasteiger partial charge >= 0.3 is 0 Å². The summed E-state index contributed by atoms with van der Waals surface area (Å²) in [5.41, 5.74) is 0. The molecular weight excluding hydrogens is 234 g/mol. The SMILES string of the molecule is CCCNc1cccc(NCCS(=O)CC)n1. The van der Waals surface area contributed by atoms with E-state index >= 15 is 0 Å². The third kappa shape index (κ3) is 5.68. The second-order valence-electron chi connectivity index (χ2n) is 3.69. The minimum Gasteiger partial charge on any atom is -0.370 e. The summed E-state index contributed by atoms with van der Waals surface area (Å²) in [6.07, 6.45) is 1.08. The van der Waals surface area contributed by atoms with E-state index in [0.29, 0.717) is 18.1 Å². The van der Waals surface area contributed by atoms with E-state index in [0.717, 1.165) is 24.6 Å². The third-order valence-corrected chi connectivity index (χ3v) is 3.57. The van der Waals surface area contributed by atoms with Crippen molar-refractivity contribution in [3.63, 3.8) is 0 Å². The zero-order chi connectivity index (χ0) is 12.5. The number of pyridine rings is 1. The molecule has 1 heterocycles. The Morgan fingerprint density at radius 2 is 1.82 bits per heavy atom. The van der Waals surface area contributed by atoms with Gasteiger partial charge in [-0.2, -0.15) is 0 Å². The molecule has 2 N–H and O–H groups in total. The molecule has 4 nitrogen and oxygen atoms in total. The number of nitrogens with zero attached hydrogens (tertiary/aromatic N) is 1. The van der Waals surface area contributed by atoms with Crippen molar-refractivity contribution in [2.24, 2.45) is 0 Å². The molecule has 0 bridgehead atoms. The van der Waals surface area contributed by atoms with Crippen molar-refractivity contribution in [1.82, 2.24) is 4.98 Å². The van der Waals surface area contributed by atoms with E-state index in [1.807, 2.05) is 25.1 Å². The highest BCUT2D eigenvalue weighted by molar-refractivity contribution is 7.84. The summed E-state index contributed by atoms with van der Waals surface area (Å²) >= 11 is 0. The maximum Gasteiger partial charge on any atom is 0.128 e. The average Bonchev–Trinajstić information content (AvgIpc) is 2.36. The Morgan fingerprint density at radius 1 is 1.18 bits per heavy atom. The Labute approximate surface area is 106 Å². The molecule has 0 saturated carbocycles. The van der Waals surface area contributed by atoms with E-state index < -0.39 is 10.8 Å². The van der Waals surface area contributed by atoms with Crippen LogP contribution in [0.1, 0.15) is 20.3 Å². The Morgan fingerprint density at radius 3 is 2.41 bits per heavy atom. The van der Waals surface area contributed by atoms with Crippen LogP contribution in [-0.2, 0) is 10.8 Å². The van der Waals surface area contributed by atoms with Crippen LogP contribution in [0.25, 0.3) is 0 Å². The van der Waals surface area contributed by atoms with Crippen molar-refractivity contribution in [2.75, 3.05) is 35.2 Å². The standard InChI is InChI=1S/C12H21N3OS/c1-3-8-13-11-6-5-7-12(15-11)14-9-10-17(16)4-2/h5-7H,3-4,8-10H2,1-2H3,(H2,13,14,15). The average molecular weight is 255 g/mol. The van der Waals surface area contributed by atoms with Crippen molar-refractivity contribution < 1.29 is 4.21 Å². The molecule has 0 spiro atoms. The van der Waals surface area contributed by atoms with Crippen molar-refractivity contribution in [2.45, 2.75) is 20.3 Å². The molecule has 0 aliphatic heterocycles. The molecule has 1 aromatic rings. The molecule has 0 fully saturated rings. The first kappa shape index (κ1) is 14.0. The smallest absolute Gasteiger partial charge is 0.128 e. The number of aromatic nitrogens is 1. The van der Waals surface area contributed by atoms with Gasteiger partial charge in [0.1, 0.15) is 11.6 Å². The zero-order valence-corrected chi connectivity index (χ0v) is 11.3. The first-order valence-electron chi connectivity index (χ1n) is 6.06. The molecule has 0 aliphatic rings. The summed E-state index contributed by atoms with van der Waals surface area (Å²) in [5.74, 6) is 3.10. The highest BCUT2D eigenvalue weighted by Gasteiger charge is 1.98. The summed E-state index contributed by atoms with van der Waals surface area (Å²) in [4.78, 5) is 4.41. The fourth-order valence-electron chi connectivity index (χ4n) is 1.32. The number of nitrogens with one attached hydrogen (secondary N) is 2. The summed E-state index contributed by atoms with van der Waals surface area (Å²) in [6.45, 7) is 5.68. The number of hydrogen-bond donors (Lipinski definition) is 2. The zero-order valence-electron chi connectivity index (χ0n) is 10.5. The molecule has 0 amide bonds. The lowest BCUT2D eigenvalue weighted by Crippen LogP contribution is -2.13. The second-order valence-corrected chi connectivity index (χ2v) is 5.56. The van der Waals surface area contributed by atoms with Crippen LogP contribution in [0.15, 0.2) is 18.2 Å². The van der Waals surface area contributed by atoms with Gasteiger partial charge in [-0.3, -0.25) is 4.21 Å². The molecule has 5 heteroatoms. The normalized spacial score (nSPS) is 12.1. The maximum atomic E-state index is 11.2. The second kappa shape index (κ2) is 8.06. The number of anilines is 2. The van der Waals surface area contributed by atoms with E-state index in [4.69, 9.17) is 0 Å². The van der Waals surface area contributed by atoms with Gasteiger partial charge in [0.15, 0.2) is 0 Å². The van der Waals surface area contributed by atoms with Crippen LogP contribution in [0.2, 0.25) is 0 Å². The summed E-state index contributed by atoms with van der Waals surface area (Å²) in [6, 6.07) is 5.83. The molecule has 0 aromatic carbocycles. The van der Waals surface area contributed by atoms with Gasteiger partial charge in [0.05, 0.1) is 0 Å². The fraction of sp³-hybridized carbons (Fsp3) is 0.583. The largest absolute Gasteiger partial charge is 0.370 e. The van der Waals surface area contributed by atoms with Gasteiger partial charge in [-0.15, -0.1) is 0 Å². The quantitative estimate of drug-likeness (QED) is 0.747. The Kier molecular flexibility index (Phi) is 6.62. The van der Waals surface area contributed by atoms with Crippen LogP contribution in [0.4, 0.5) is 11.6 Å². The third-order valence-electron chi connectivity index (χ3n) is 2.26. The van der Waals surface area contributed by atoms with E-state index in [1.54, 1.807) is 0 Å². The van der Waals surface area contributed by atoms with E-state index in [1.165, 1.54) is 0 Å². The van der Waals surface area contributed by atoms with E-state index in [9.17, 15) is 4.21 Å². The molecule has 0 radical (unpaired) electrons. The van der Waals surface area contributed by atoms with Crippen LogP contribution >= 0.6 is 0 Å². The van der Waals surface area contributed by atoms with Gasteiger partial charge in [0.2, 0.25) is 0 Å². The van der Waals surface area contributed by atoms with Crippen LogP contribution in [0, 0.1) is 0 Å². The van der Waals surface area contributed by atoms with Gasteiger partial charge in [-0.05, 0) is 18.6 Å². The number of hydrogen-bond acceptors (Lipinski definition) is 4. The lowest BCUT2D eigenvalue weighted by molar-refractivity contribution is 0.684. The monoisotopic (exact) mass is 255 g/mol. The topological polar surface area (TPSA) is 54.0 Å². The fourth-order valence-corrected chi connectivity index (χ4v) is 1.94. The molecule has 0 aliphatic carbocycles. The number of rotatable bonds is 8. The lowest BCUT2D eigenvalue weighted by Gasteiger charge is -2.08. The van der Waals surface area contributed by atoms with Gasteiger partial charge in [-0.1, -0.05) is 19.9 Å². The Hall–Kier alpha value is -1.10. The maximum absolute atomic E-state index is 11.2. The Balaban J connectivity index is 2.40. The molecule has 1 aromatic heterocycles. The van der Waals surface area contributed by atoms with Crippen molar-refractivity contribution in [3.05, 3.63) is 18.2 Å². The van der Waals surface area contributed by atoms with E-state index in [2.05, 4.69) is 22.5 Å². The predicted molar refractivity (Wildman–Crippen MR) is 75.1 cm³/mol. The molecule has 1 rings (SSSR count). The van der Waals surface area contributed by atoms with Crippen LogP contribution in [0.3, 0.4) is 0 Å². The lowest BCUT2D eigenvalue weighted by atomic mass is 10.4. The highest BCUT2D eigenvalue weighted by atomic mass is 32.2.